The number of hydrogen-bond donors (Lipinski definition) is 1. The van der Waals surface area contributed by atoms with E-state index in [-0.39, 0.29) is 29.7 Å². The molecule has 1 aromatic heterocycles. The van der Waals surface area contributed by atoms with Gasteiger partial charge >= 0.3 is 0 Å². The lowest BCUT2D eigenvalue weighted by molar-refractivity contribution is -0.131. The van der Waals surface area contributed by atoms with Gasteiger partial charge < -0.3 is 9.88 Å². The quantitative estimate of drug-likeness (QED) is 0.943. The number of carbonyl (C=O) groups excluding carboxylic acids is 1. The number of likely N-dealkylation sites (tertiary alicyclic amines) is 1. The number of nitrogens with one attached hydrogen (secondary N) is 1. The summed E-state index contributed by atoms with van der Waals surface area (Å²) in [6.45, 7) is 2.38. The van der Waals surface area contributed by atoms with E-state index in [0.717, 1.165) is 12.8 Å². The molecule has 120 valence electrons. The van der Waals surface area contributed by atoms with Crippen LogP contribution in [-0.2, 0) is 11.2 Å². The number of carbonyl (C=O) groups is 1. The van der Waals surface area contributed by atoms with Crippen LogP contribution in [0, 0.1) is 12.7 Å². The summed E-state index contributed by atoms with van der Waals surface area (Å²) >= 11 is 0. The third kappa shape index (κ3) is 3.47. The largest absolute Gasteiger partial charge is 0.332 e. The molecule has 0 aliphatic carbocycles. The van der Waals surface area contributed by atoms with Gasteiger partial charge in [-0.15, -0.1) is 0 Å². The van der Waals surface area contributed by atoms with Gasteiger partial charge in [0.05, 0.1) is 12.5 Å². The topological polar surface area (TPSA) is 66.1 Å². The van der Waals surface area contributed by atoms with E-state index < -0.39 is 0 Å². The van der Waals surface area contributed by atoms with Gasteiger partial charge in [0.2, 0.25) is 5.91 Å². The third-order valence-corrected chi connectivity index (χ3v) is 4.02. The number of amides is 1. The summed E-state index contributed by atoms with van der Waals surface area (Å²) in [5.41, 5.74) is 1.07. The number of aromatic nitrogens is 2. The van der Waals surface area contributed by atoms with E-state index in [1.807, 2.05) is 0 Å². The van der Waals surface area contributed by atoms with Crippen LogP contribution in [0.2, 0.25) is 0 Å². The monoisotopic (exact) mass is 315 g/mol. The lowest BCUT2D eigenvalue weighted by Crippen LogP contribution is -2.33. The zero-order valence-electron chi connectivity index (χ0n) is 12.9. The molecular formula is C17H18FN3O2. The second-order valence-corrected chi connectivity index (χ2v) is 5.82. The second-order valence-electron chi connectivity index (χ2n) is 5.82. The molecule has 2 heterocycles. The first-order chi connectivity index (χ1) is 11.0. The molecule has 5 nitrogen and oxygen atoms in total. The van der Waals surface area contributed by atoms with Crippen molar-refractivity contribution in [3.8, 4) is 0 Å². The fourth-order valence-electron chi connectivity index (χ4n) is 3.03. The fourth-order valence-corrected chi connectivity index (χ4v) is 3.03. The molecule has 1 N–H and O–H groups in total. The number of aromatic amines is 1. The van der Waals surface area contributed by atoms with E-state index in [0.29, 0.717) is 23.6 Å². The lowest BCUT2D eigenvalue weighted by Gasteiger charge is -2.24. The van der Waals surface area contributed by atoms with Crippen LogP contribution in [0.15, 0.2) is 35.1 Å². The predicted octanol–water partition coefficient (Wildman–Crippen LogP) is 2.12. The Hall–Kier alpha value is -2.50. The molecule has 23 heavy (non-hydrogen) atoms. The highest BCUT2D eigenvalue weighted by Crippen LogP contribution is 2.30. The summed E-state index contributed by atoms with van der Waals surface area (Å²) in [5, 5.41) is 0. The van der Waals surface area contributed by atoms with Crippen LogP contribution < -0.4 is 5.56 Å². The third-order valence-electron chi connectivity index (χ3n) is 4.02. The minimum atomic E-state index is -0.349. The molecule has 0 spiro atoms. The number of halogens is 1. The first kappa shape index (κ1) is 15.4. The first-order valence-corrected chi connectivity index (χ1v) is 7.65. The molecule has 0 radical (unpaired) electrons. The Morgan fingerprint density at radius 2 is 2.26 bits per heavy atom. The van der Waals surface area contributed by atoms with E-state index in [1.54, 1.807) is 24.0 Å². The Bertz CT molecular complexity index is 787. The van der Waals surface area contributed by atoms with Crippen LogP contribution >= 0.6 is 0 Å². The molecule has 1 aliphatic rings. The van der Waals surface area contributed by atoms with Gasteiger partial charge in [-0.2, -0.15) is 0 Å². The minimum Gasteiger partial charge on any atom is -0.332 e. The Labute approximate surface area is 133 Å². The normalized spacial score (nSPS) is 17.5. The fraction of sp³-hybridized carbons (Fsp3) is 0.353. The highest BCUT2D eigenvalue weighted by Gasteiger charge is 2.31. The van der Waals surface area contributed by atoms with Gasteiger partial charge in [0.25, 0.3) is 5.56 Å². The van der Waals surface area contributed by atoms with Crippen molar-refractivity contribution in [1.82, 2.24) is 14.9 Å². The molecule has 1 atom stereocenters. The van der Waals surface area contributed by atoms with Crippen molar-refractivity contribution in [2.75, 3.05) is 6.54 Å². The summed E-state index contributed by atoms with van der Waals surface area (Å²) in [5.74, 6) is 0.0975. The second kappa shape index (κ2) is 6.32. The molecule has 0 unspecified atom stereocenters. The van der Waals surface area contributed by atoms with Crippen LogP contribution in [0.4, 0.5) is 4.39 Å². The SMILES string of the molecule is Cc1cc(=O)[nH]c([C@H]2CCCN2C(=O)Cc2cccc(F)c2)n1. The van der Waals surface area contributed by atoms with Crippen LogP contribution in [0.5, 0.6) is 0 Å². The van der Waals surface area contributed by atoms with Crippen molar-refractivity contribution in [3.63, 3.8) is 0 Å². The lowest BCUT2D eigenvalue weighted by atomic mass is 10.1. The maximum absolute atomic E-state index is 13.3. The van der Waals surface area contributed by atoms with Crippen LogP contribution in [0.25, 0.3) is 0 Å². The van der Waals surface area contributed by atoms with Gasteiger partial charge in [-0.25, -0.2) is 9.37 Å². The van der Waals surface area contributed by atoms with Crippen LogP contribution in [0.1, 0.15) is 36.0 Å². The maximum atomic E-state index is 13.3. The molecule has 0 saturated carbocycles. The van der Waals surface area contributed by atoms with E-state index in [9.17, 15) is 14.0 Å². The molecule has 1 aliphatic heterocycles. The summed E-state index contributed by atoms with van der Waals surface area (Å²) in [6.07, 6.45) is 1.77. The van der Waals surface area contributed by atoms with Crippen LogP contribution in [-0.4, -0.2) is 27.3 Å². The average molecular weight is 315 g/mol. The Kier molecular flexibility index (Phi) is 4.23. The zero-order valence-corrected chi connectivity index (χ0v) is 12.9. The number of nitrogens with zero attached hydrogens (tertiary/aromatic N) is 2. The molecule has 6 heteroatoms. The Balaban J connectivity index is 1.80. The molecule has 1 amide bonds. The molecular weight excluding hydrogens is 297 g/mol. The number of hydrogen-bond acceptors (Lipinski definition) is 3. The average Bonchev–Trinajstić information content (AvgIpc) is 2.95. The molecule has 0 bridgehead atoms. The predicted molar refractivity (Wildman–Crippen MR) is 83.4 cm³/mol. The van der Waals surface area contributed by atoms with E-state index in [1.165, 1.54) is 18.2 Å². The van der Waals surface area contributed by atoms with Gasteiger partial charge in [0.1, 0.15) is 11.6 Å². The maximum Gasteiger partial charge on any atom is 0.251 e. The summed E-state index contributed by atoms with van der Waals surface area (Å²) in [6, 6.07) is 7.27. The summed E-state index contributed by atoms with van der Waals surface area (Å²) in [4.78, 5) is 33.0. The zero-order chi connectivity index (χ0) is 16.4. The minimum absolute atomic E-state index is 0.0812. The van der Waals surface area contributed by atoms with Crippen molar-refractivity contribution in [1.29, 1.82) is 0 Å². The highest BCUT2D eigenvalue weighted by molar-refractivity contribution is 5.79. The smallest absolute Gasteiger partial charge is 0.251 e. The molecule has 1 aromatic carbocycles. The van der Waals surface area contributed by atoms with Crippen LogP contribution in [0.3, 0.4) is 0 Å². The standard InChI is InChI=1S/C17H18FN3O2/c1-11-8-15(22)20-17(19-11)14-6-3-7-21(14)16(23)10-12-4-2-5-13(18)9-12/h2,4-5,8-9,14H,3,6-7,10H2,1H3,(H,19,20,22)/t14-/m1/s1. The number of aryl methyl sites for hydroxylation is 1. The summed E-state index contributed by atoms with van der Waals surface area (Å²) < 4.78 is 13.3. The van der Waals surface area contributed by atoms with Gasteiger partial charge in [-0.1, -0.05) is 12.1 Å². The number of H-pyrrole nitrogens is 1. The van der Waals surface area contributed by atoms with Gasteiger partial charge in [-0.05, 0) is 37.5 Å². The molecule has 2 aromatic rings. The van der Waals surface area contributed by atoms with E-state index in [4.69, 9.17) is 0 Å². The van der Waals surface area contributed by atoms with Crippen molar-refractivity contribution in [2.24, 2.45) is 0 Å². The Morgan fingerprint density at radius 1 is 1.43 bits per heavy atom. The van der Waals surface area contributed by atoms with Crippen molar-refractivity contribution in [3.05, 3.63) is 63.6 Å². The van der Waals surface area contributed by atoms with E-state index >= 15 is 0 Å². The van der Waals surface area contributed by atoms with Crippen molar-refractivity contribution in [2.45, 2.75) is 32.2 Å². The molecule has 3 rings (SSSR count). The van der Waals surface area contributed by atoms with Crippen molar-refractivity contribution < 1.29 is 9.18 Å². The molecule has 1 saturated heterocycles. The number of rotatable bonds is 3. The van der Waals surface area contributed by atoms with Gasteiger partial charge in [-0.3, -0.25) is 9.59 Å². The van der Waals surface area contributed by atoms with Gasteiger partial charge in [0.15, 0.2) is 0 Å². The van der Waals surface area contributed by atoms with Gasteiger partial charge in [0, 0.05) is 18.3 Å². The Morgan fingerprint density at radius 3 is 3.00 bits per heavy atom. The van der Waals surface area contributed by atoms with E-state index in [2.05, 4.69) is 9.97 Å². The molecule has 1 fully saturated rings. The number of benzene rings is 1. The highest BCUT2D eigenvalue weighted by atomic mass is 19.1. The van der Waals surface area contributed by atoms with Crippen molar-refractivity contribution >= 4 is 5.91 Å². The first-order valence-electron chi connectivity index (χ1n) is 7.65. The summed E-state index contributed by atoms with van der Waals surface area (Å²) in [7, 11) is 0.